The fraction of sp³-hybridized carbons (Fsp3) is 0.0714. The van der Waals surface area contributed by atoms with Crippen LogP contribution in [0.1, 0.15) is 0 Å². The number of hydrogen-bond acceptors (Lipinski definition) is 3. The molecule has 92 valence electrons. The second-order valence-corrected chi connectivity index (χ2v) is 4.25. The van der Waals surface area contributed by atoms with Crippen LogP contribution in [0, 0.1) is 11.3 Å². The summed E-state index contributed by atoms with van der Waals surface area (Å²) in [5, 5.41) is 12.0. The topological polar surface area (TPSA) is 61.8 Å². The van der Waals surface area contributed by atoms with Gasteiger partial charge in [0.2, 0.25) is 0 Å². The highest BCUT2D eigenvalue weighted by Crippen LogP contribution is 2.27. The van der Waals surface area contributed by atoms with Gasteiger partial charge < -0.3 is 11.1 Å². The van der Waals surface area contributed by atoms with Gasteiger partial charge in [0.1, 0.15) is 0 Å². The normalized spacial score (nSPS) is 11.2. The Labute approximate surface area is 115 Å². The summed E-state index contributed by atoms with van der Waals surface area (Å²) >= 11 is 3.41. The van der Waals surface area contributed by atoms with Gasteiger partial charge in [-0.1, -0.05) is 24.8 Å². The molecule has 0 spiro atoms. The van der Waals surface area contributed by atoms with Crippen LogP contribution >= 0.6 is 15.9 Å². The standard InChI is InChI=1S/C14H14BrN3/c1-2-5-11(10-16)6-4-9-18-13-8-3-7-12(17)14(13)15/h2-8,18H,1,9,17H2/b6-4+,11-5+. The van der Waals surface area contributed by atoms with Crippen LogP contribution in [-0.2, 0) is 0 Å². The van der Waals surface area contributed by atoms with Crippen LogP contribution in [0.4, 0.5) is 11.4 Å². The van der Waals surface area contributed by atoms with Gasteiger partial charge in [0.25, 0.3) is 0 Å². The van der Waals surface area contributed by atoms with Gasteiger partial charge in [-0.15, -0.1) is 0 Å². The third kappa shape index (κ3) is 4.11. The molecule has 0 radical (unpaired) electrons. The first kappa shape index (κ1) is 14.1. The average molecular weight is 304 g/mol. The second kappa shape index (κ2) is 7.36. The van der Waals surface area contributed by atoms with Crippen LogP contribution in [-0.4, -0.2) is 6.54 Å². The summed E-state index contributed by atoms with van der Waals surface area (Å²) in [6, 6.07) is 7.70. The number of nitrogen functional groups attached to an aromatic ring is 1. The number of halogens is 1. The molecule has 0 unspecified atom stereocenters. The summed E-state index contributed by atoms with van der Waals surface area (Å²) in [5.74, 6) is 0. The molecule has 0 heterocycles. The maximum atomic E-state index is 8.79. The van der Waals surface area contributed by atoms with E-state index in [-0.39, 0.29) is 0 Å². The summed E-state index contributed by atoms with van der Waals surface area (Å²) in [6.07, 6.45) is 6.86. The highest BCUT2D eigenvalue weighted by molar-refractivity contribution is 9.10. The van der Waals surface area contributed by atoms with Crippen molar-refractivity contribution < 1.29 is 0 Å². The number of nitrogens with one attached hydrogen (secondary N) is 1. The molecule has 0 aliphatic heterocycles. The Morgan fingerprint density at radius 3 is 3.00 bits per heavy atom. The van der Waals surface area contributed by atoms with Crippen molar-refractivity contribution in [2.75, 3.05) is 17.6 Å². The van der Waals surface area contributed by atoms with Crippen molar-refractivity contribution in [3.63, 3.8) is 0 Å². The molecule has 0 amide bonds. The fourth-order valence-electron chi connectivity index (χ4n) is 1.30. The minimum atomic E-state index is 0.568. The molecule has 0 saturated carbocycles. The number of nitriles is 1. The van der Waals surface area contributed by atoms with Gasteiger partial charge in [-0.25, -0.2) is 0 Å². The van der Waals surface area contributed by atoms with Gasteiger partial charge in [-0.3, -0.25) is 0 Å². The van der Waals surface area contributed by atoms with Crippen molar-refractivity contribution in [2.45, 2.75) is 0 Å². The molecule has 0 saturated heterocycles. The molecule has 0 bridgehead atoms. The van der Waals surface area contributed by atoms with Crippen molar-refractivity contribution in [3.05, 3.63) is 59.1 Å². The Kier molecular flexibility index (Phi) is 5.75. The summed E-state index contributed by atoms with van der Waals surface area (Å²) in [5.41, 5.74) is 7.94. The Bertz CT molecular complexity index is 524. The number of rotatable bonds is 5. The molecule has 3 nitrogen and oxygen atoms in total. The number of nitrogens with two attached hydrogens (primary N) is 1. The van der Waals surface area contributed by atoms with E-state index in [1.165, 1.54) is 0 Å². The lowest BCUT2D eigenvalue weighted by atomic mass is 10.2. The maximum absolute atomic E-state index is 8.79. The smallest absolute Gasteiger partial charge is 0.0991 e. The van der Waals surface area contributed by atoms with E-state index >= 15 is 0 Å². The van der Waals surface area contributed by atoms with E-state index in [1.807, 2.05) is 24.3 Å². The quantitative estimate of drug-likeness (QED) is 0.496. The third-order valence-corrected chi connectivity index (χ3v) is 3.05. The van der Waals surface area contributed by atoms with Crippen molar-refractivity contribution in [1.29, 1.82) is 5.26 Å². The van der Waals surface area contributed by atoms with E-state index in [1.54, 1.807) is 18.2 Å². The second-order valence-electron chi connectivity index (χ2n) is 3.46. The molecule has 0 atom stereocenters. The van der Waals surface area contributed by atoms with E-state index in [9.17, 15) is 0 Å². The first-order chi connectivity index (χ1) is 8.69. The molecule has 0 fully saturated rings. The SMILES string of the molecule is C=C/C=C(C#N)\C=C\CNc1cccc(N)c1Br. The van der Waals surface area contributed by atoms with Crippen molar-refractivity contribution in [3.8, 4) is 6.07 Å². The van der Waals surface area contributed by atoms with Gasteiger partial charge in [0.15, 0.2) is 0 Å². The van der Waals surface area contributed by atoms with E-state index in [0.29, 0.717) is 17.8 Å². The molecule has 1 aromatic carbocycles. The molecular formula is C14H14BrN3. The summed E-state index contributed by atoms with van der Waals surface area (Å²) in [4.78, 5) is 0. The predicted octanol–water partition coefficient (Wildman–Crippen LogP) is 3.64. The Hall–Kier alpha value is -1.99. The molecule has 0 aliphatic carbocycles. The zero-order valence-electron chi connectivity index (χ0n) is 9.86. The number of hydrogen-bond donors (Lipinski definition) is 2. The molecule has 1 rings (SSSR count). The fourth-order valence-corrected chi connectivity index (χ4v) is 1.70. The van der Waals surface area contributed by atoms with Gasteiger partial charge in [-0.05, 0) is 40.2 Å². The molecule has 0 aliphatic rings. The van der Waals surface area contributed by atoms with Crippen LogP contribution in [0.25, 0.3) is 0 Å². The monoisotopic (exact) mass is 303 g/mol. The number of anilines is 2. The first-order valence-corrected chi connectivity index (χ1v) is 6.15. The molecule has 0 aromatic heterocycles. The van der Waals surface area contributed by atoms with E-state index < -0.39 is 0 Å². The maximum Gasteiger partial charge on any atom is 0.0991 e. The van der Waals surface area contributed by atoms with Crippen molar-refractivity contribution in [2.24, 2.45) is 0 Å². The van der Waals surface area contributed by atoms with Gasteiger partial charge >= 0.3 is 0 Å². The summed E-state index contributed by atoms with van der Waals surface area (Å²) in [6.45, 7) is 4.16. The van der Waals surface area contributed by atoms with Gasteiger partial charge in [0, 0.05) is 12.2 Å². The van der Waals surface area contributed by atoms with Crippen molar-refractivity contribution >= 4 is 27.3 Å². The minimum absolute atomic E-state index is 0.568. The molecule has 1 aromatic rings. The molecule has 3 N–H and O–H groups in total. The van der Waals surface area contributed by atoms with Gasteiger partial charge in [-0.2, -0.15) is 5.26 Å². The van der Waals surface area contributed by atoms with E-state index in [0.717, 1.165) is 10.2 Å². The zero-order chi connectivity index (χ0) is 13.4. The first-order valence-electron chi connectivity index (χ1n) is 5.36. The van der Waals surface area contributed by atoms with Crippen LogP contribution < -0.4 is 11.1 Å². The lowest BCUT2D eigenvalue weighted by Gasteiger charge is -2.07. The lowest BCUT2D eigenvalue weighted by molar-refractivity contribution is 1.32. The van der Waals surface area contributed by atoms with Crippen LogP contribution in [0.15, 0.2) is 59.1 Å². The highest BCUT2D eigenvalue weighted by atomic mass is 79.9. The average Bonchev–Trinajstić information content (AvgIpc) is 2.38. The zero-order valence-corrected chi connectivity index (χ0v) is 11.4. The largest absolute Gasteiger partial charge is 0.398 e. The van der Waals surface area contributed by atoms with E-state index in [2.05, 4.69) is 33.9 Å². The number of benzene rings is 1. The number of allylic oxidation sites excluding steroid dienone is 4. The molecular weight excluding hydrogens is 290 g/mol. The minimum Gasteiger partial charge on any atom is -0.398 e. The Balaban J connectivity index is 2.60. The third-order valence-electron chi connectivity index (χ3n) is 2.16. The van der Waals surface area contributed by atoms with Crippen LogP contribution in [0.2, 0.25) is 0 Å². The summed E-state index contributed by atoms with van der Waals surface area (Å²) in [7, 11) is 0. The Morgan fingerprint density at radius 1 is 1.56 bits per heavy atom. The molecule has 4 heteroatoms. The predicted molar refractivity (Wildman–Crippen MR) is 80.1 cm³/mol. The van der Waals surface area contributed by atoms with Gasteiger partial charge in [0.05, 0.1) is 21.8 Å². The van der Waals surface area contributed by atoms with Crippen LogP contribution in [0.5, 0.6) is 0 Å². The molecule has 18 heavy (non-hydrogen) atoms. The Morgan fingerprint density at radius 2 is 2.33 bits per heavy atom. The van der Waals surface area contributed by atoms with Crippen LogP contribution in [0.3, 0.4) is 0 Å². The lowest BCUT2D eigenvalue weighted by Crippen LogP contribution is -2.00. The number of nitrogens with zero attached hydrogens (tertiary/aromatic N) is 1. The van der Waals surface area contributed by atoms with Crippen molar-refractivity contribution in [1.82, 2.24) is 0 Å². The highest BCUT2D eigenvalue weighted by Gasteiger charge is 2.00. The summed E-state index contributed by atoms with van der Waals surface area (Å²) < 4.78 is 0.848. The van der Waals surface area contributed by atoms with E-state index in [4.69, 9.17) is 11.0 Å².